The number of aliphatic imine (C=N–C) groups is 1. The highest BCUT2D eigenvalue weighted by Crippen LogP contribution is 2.34. The average Bonchev–Trinajstić information content (AvgIpc) is 3.05. The molecular formula is C21H19N3O4S. The van der Waals surface area contributed by atoms with Gasteiger partial charge in [-0.15, -0.1) is 0 Å². The first-order chi connectivity index (χ1) is 14.0. The predicted octanol–water partition coefficient (Wildman–Crippen LogP) is 3.81. The number of benzene rings is 2. The van der Waals surface area contributed by atoms with Crippen LogP contribution in [0.1, 0.15) is 11.1 Å². The molecule has 1 saturated heterocycles. The summed E-state index contributed by atoms with van der Waals surface area (Å²) < 4.78 is 16.0. The third-order valence-electron chi connectivity index (χ3n) is 3.98. The van der Waals surface area contributed by atoms with Crippen LogP contribution in [0.4, 0.5) is 5.69 Å². The zero-order valence-corrected chi connectivity index (χ0v) is 17.0. The number of carbonyl (C=O) groups excluding carboxylic acids is 1. The second kappa shape index (κ2) is 9.17. The number of hydrogen-bond donors (Lipinski definition) is 1. The zero-order valence-electron chi connectivity index (χ0n) is 16.2. The zero-order chi connectivity index (χ0) is 20.8. The van der Waals surface area contributed by atoms with E-state index in [-0.39, 0.29) is 12.5 Å². The number of aryl methyl sites for hydroxylation is 1. The Kier molecular flexibility index (Phi) is 6.42. The molecule has 1 amide bonds. The summed E-state index contributed by atoms with van der Waals surface area (Å²) in [5.41, 5.74) is 2.46. The fraction of sp³-hybridized carbons (Fsp3) is 0.190. The van der Waals surface area contributed by atoms with Gasteiger partial charge in [-0.3, -0.25) is 4.79 Å². The van der Waals surface area contributed by atoms with Gasteiger partial charge >= 0.3 is 0 Å². The Morgan fingerprint density at radius 2 is 1.90 bits per heavy atom. The van der Waals surface area contributed by atoms with Gasteiger partial charge in [0.05, 0.1) is 19.1 Å². The van der Waals surface area contributed by atoms with Gasteiger partial charge in [0.15, 0.2) is 23.3 Å². The van der Waals surface area contributed by atoms with E-state index in [0.29, 0.717) is 33.0 Å². The van der Waals surface area contributed by atoms with E-state index in [2.05, 4.69) is 10.3 Å². The van der Waals surface area contributed by atoms with Crippen molar-refractivity contribution in [3.63, 3.8) is 0 Å². The predicted molar refractivity (Wildman–Crippen MR) is 113 cm³/mol. The lowest BCUT2D eigenvalue weighted by Crippen LogP contribution is -2.19. The van der Waals surface area contributed by atoms with Gasteiger partial charge in [-0.05, 0) is 60.2 Å². The molecule has 0 radical (unpaired) electrons. The van der Waals surface area contributed by atoms with Gasteiger partial charge in [-0.25, -0.2) is 4.99 Å². The molecule has 0 spiro atoms. The first kappa shape index (κ1) is 20.3. The van der Waals surface area contributed by atoms with Crippen LogP contribution in [0.3, 0.4) is 0 Å². The van der Waals surface area contributed by atoms with E-state index in [1.807, 2.05) is 31.2 Å². The van der Waals surface area contributed by atoms with E-state index in [0.717, 1.165) is 11.1 Å². The first-order valence-corrected chi connectivity index (χ1v) is 9.47. The van der Waals surface area contributed by atoms with E-state index in [4.69, 9.17) is 19.5 Å². The maximum absolute atomic E-state index is 12.4. The van der Waals surface area contributed by atoms with Gasteiger partial charge < -0.3 is 19.5 Å². The summed E-state index contributed by atoms with van der Waals surface area (Å²) in [6, 6.07) is 12.8. The van der Waals surface area contributed by atoms with Crippen molar-refractivity contribution in [3.05, 3.63) is 52.4 Å². The molecular weight excluding hydrogens is 390 g/mol. The maximum Gasteiger partial charge on any atom is 0.264 e. The molecule has 2 aromatic rings. The number of nitrogens with zero attached hydrogens (tertiary/aromatic N) is 2. The molecule has 0 aliphatic carbocycles. The van der Waals surface area contributed by atoms with Crippen molar-refractivity contribution in [1.29, 1.82) is 5.26 Å². The van der Waals surface area contributed by atoms with Crippen LogP contribution >= 0.6 is 11.8 Å². The van der Waals surface area contributed by atoms with Crippen LogP contribution in [0.25, 0.3) is 6.08 Å². The Hall–Kier alpha value is -3.44. The SMILES string of the molecule is COc1ccc(C)cc1N=C1NC(=O)/C(=C/c2ccc(OCC#N)c(OC)c2)S1. The highest BCUT2D eigenvalue weighted by Gasteiger charge is 2.24. The van der Waals surface area contributed by atoms with Gasteiger partial charge in [-0.2, -0.15) is 5.26 Å². The number of amidine groups is 1. The first-order valence-electron chi connectivity index (χ1n) is 8.66. The second-order valence-corrected chi connectivity index (χ2v) is 7.04. The number of nitrogens with one attached hydrogen (secondary N) is 1. The molecule has 1 fully saturated rings. The summed E-state index contributed by atoms with van der Waals surface area (Å²) in [4.78, 5) is 17.4. The van der Waals surface area contributed by atoms with Crippen LogP contribution in [0.5, 0.6) is 17.2 Å². The van der Waals surface area contributed by atoms with Gasteiger partial charge in [0.25, 0.3) is 5.91 Å². The lowest BCUT2D eigenvalue weighted by atomic mass is 10.2. The van der Waals surface area contributed by atoms with Gasteiger partial charge in [0.1, 0.15) is 17.5 Å². The topological polar surface area (TPSA) is 92.9 Å². The quantitative estimate of drug-likeness (QED) is 0.730. The second-order valence-electron chi connectivity index (χ2n) is 6.01. The minimum absolute atomic E-state index is 0.0721. The molecule has 0 aromatic heterocycles. The molecule has 1 heterocycles. The molecule has 148 valence electrons. The van der Waals surface area contributed by atoms with Gasteiger partial charge in [0, 0.05) is 0 Å². The Labute approximate surface area is 173 Å². The number of amides is 1. The third kappa shape index (κ3) is 4.89. The largest absolute Gasteiger partial charge is 0.494 e. The van der Waals surface area contributed by atoms with Crippen LogP contribution in [0.15, 0.2) is 46.3 Å². The maximum atomic E-state index is 12.4. The van der Waals surface area contributed by atoms with Gasteiger partial charge in [-0.1, -0.05) is 12.1 Å². The summed E-state index contributed by atoms with van der Waals surface area (Å²) in [6.45, 7) is 1.89. The summed E-state index contributed by atoms with van der Waals surface area (Å²) >= 11 is 1.24. The fourth-order valence-electron chi connectivity index (χ4n) is 2.63. The van der Waals surface area contributed by atoms with Crippen molar-refractivity contribution >= 4 is 34.6 Å². The summed E-state index contributed by atoms with van der Waals surface area (Å²) in [7, 11) is 3.10. The van der Waals surface area contributed by atoms with Crippen molar-refractivity contribution in [1.82, 2.24) is 5.32 Å². The summed E-state index contributed by atoms with van der Waals surface area (Å²) in [5, 5.41) is 11.9. The molecule has 0 bridgehead atoms. The molecule has 29 heavy (non-hydrogen) atoms. The molecule has 1 aliphatic rings. The lowest BCUT2D eigenvalue weighted by molar-refractivity contribution is -0.115. The van der Waals surface area contributed by atoms with Crippen molar-refractivity contribution in [2.75, 3.05) is 20.8 Å². The molecule has 0 unspecified atom stereocenters. The number of carbonyl (C=O) groups is 1. The number of methoxy groups -OCH3 is 2. The lowest BCUT2D eigenvalue weighted by Gasteiger charge is -2.09. The molecule has 2 aromatic carbocycles. The highest BCUT2D eigenvalue weighted by molar-refractivity contribution is 8.18. The van der Waals surface area contributed by atoms with E-state index < -0.39 is 0 Å². The van der Waals surface area contributed by atoms with Crippen LogP contribution in [0.2, 0.25) is 0 Å². The fourth-order valence-corrected chi connectivity index (χ4v) is 3.47. The van der Waals surface area contributed by atoms with E-state index in [1.54, 1.807) is 31.4 Å². The van der Waals surface area contributed by atoms with Crippen molar-refractivity contribution in [3.8, 4) is 23.3 Å². The minimum Gasteiger partial charge on any atom is -0.494 e. The van der Waals surface area contributed by atoms with E-state index >= 15 is 0 Å². The number of ether oxygens (including phenoxy) is 3. The average molecular weight is 409 g/mol. The standard InChI is InChI=1S/C21H19N3O4S/c1-13-4-6-16(26-2)15(10-13)23-21-24-20(25)19(29-21)12-14-5-7-17(28-9-8-22)18(11-14)27-3/h4-7,10-12H,9H2,1-3H3,(H,23,24,25)/b19-12-. The Morgan fingerprint density at radius 3 is 2.62 bits per heavy atom. The molecule has 1 N–H and O–H groups in total. The van der Waals surface area contributed by atoms with Gasteiger partial charge in [0.2, 0.25) is 0 Å². The van der Waals surface area contributed by atoms with Crippen LogP contribution in [-0.4, -0.2) is 31.9 Å². The Balaban J connectivity index is 1.84. The van der Waals surface area contributed by atoms with Crippen molar-refractivity contribution in [2.24, 2.45) is 4.99 Å². The number of hydrogen-bond acceptors (Lipinski definition) is 7. The van der Waals surface area contributed by atoms with Crippen LogP contribution in [-0.2, 0) is 4.79 Å². The highest BCUT2D eigenvalue weighted by atomic mass is 32.2. The summed E-state index contributed by atoms with van der Waals surface area (Å²) in [6.07, 6.45) is 1.74. The Bertz CT molecular complexity index is 1040. The molecule has 3 rings (SSSR count). The molecule has 0 saturated carbocycles. The minimum atomic E-state index is -0.232. The number of nitriles is 1. The number of thioether (sulfide) groups is 1. The van der Waals surface area contributed by atoms with Crippen LogP contribution < -0.4 is 19.5 Å². The molecule has 0 atom stereocenters. The molecule has 7 nitrogen and oxygen atoms in total. The Morgan fingerprint density at radius 1 is 1.14 bits per heavy atom. The smallest absolute Gasteiger partial charge is 0.264 e. The molecule has 8 heteroatoms. The van der Waals surface area contributed by atoms with E-state index in [1.165, 1.54) is 18.9 Å². The summed E-state index contributed by atoms with van der Waals surface area (Å²) in [5.74, 6) is 1.35. The van der Waals surface area contributed by atoms with Crippen molar-refractivity contribution < 1.29 is 19.0 Å². The van der Waals surface area contributed by atoms with E-state index in [9.17, 15) is 4.79 Å². The normalized spacial score (nSPS) is 15.9. The number of rotatable bonds is 6. The molecule has 1 aliphatic heterocycles. The third-order valence-corrected chi connectivity index (χ3v) is 4.89. The van der Waals surface area contributed by atoms with Crippen LogP contribution in [0, 0.1) is 18.3 Å². The monoisotopic (exact) mass is 409 g/mol. The van der Waals surface area contributed by atoms with Crippen molar-refractivity contribution in [2.45, 2.75) is 6.92 Å².